The van der Waals surface area contributed by atoms with Crippen molar-refractivity contribution >= 4 is 29.0 Å². The van der Waals surface area contributed by atoms with Crippen molar-refractivity contribution in [2.45, 2.75) is 10.8 Å². The number of hydrogen-bond acceptors (Lipinski definition) is 5. The van der Waals surface area contributed by atoms with Gasteiger partial charge in [0.05, 0.1) is 10.6 Å². The predicted molar refractivity (Wildman–Crippen MR) is 101 cm³/mol. The smallest absolute Gasteiger partial charge is 0.257 e. The number of anilines is 1. The number of rotatable bonds is 5. The minimum atomic E-state index is -0.171. The number of thioether (sulfide) groups is 1. The van der Waals surface area contributed by atoms with E-state index in [0.717, 1.165) is 22.0 Å². The lowest BCUT2D eigenvalue weighted by molar-refractivity contribution is 0.102. The van der Waals surface area contributed by atoms with Crippen molar-refractivity contribution in [2.75, 3.05) is 5.32 Å². The summed E-state index contributed by atoms with van der Waals surface area (Å²) in [6.07, 6.45) is 5.07. The van der Waals surface area contributed by atoms with Crippen molar-refractivity contribution in [2.24, 2.45) is 0 Å². The lowest BCUT2D eigenvalue weighted by Gasteiger charge is -2.08. The van der Waals surface area contributed by atoms with Crippen LogP contribution >= 0.6 is 11.8 Å². The SMILES string of the molecule is O=C(Nc1cccc(CSc2ccccn2)c1)c1ccc2nncn2c1. The van der Waals surface area contributed by atoms with Crippen LogP contribution in [0, 0.1) is 0 Å². The van der Waals surface area contributed by atoms with E-state index in [2.05, 4.69) is 20.5 Å². The molecule has 6 nitrogen and oxygen atoms in total. The first-order valence-corrected chi connectivity index (χ1v) is 9.00. The molecule has 1 amide bonds. The van der Waals surface area contributed by atoms with Crippen molar-refractivity contribution in [3.8, 4) is 0 Å². The number of carbonyl (C=O) groups is 1. The first-order valence-electron chi connectivity index (χ1n) is 8.01. The molecule has 0 bridgehead atoms. The number of pyridine rings is 2. The monoisotopic (exact) mass is 361 g/mol. The van der Waals surface area contributed by atoms with Gasteiger partial charge in [0.15, 0.2) is 5.65 Å². The van der Waals surface area contributed by atoms with Gasteiger partial charge in [-0.15, -0.1) is 22.0 Å². The topological polar surface area (TPSA) is 72.2 Å². The van der Waals surface area contributed by atoms with Gasteiger partial charge in [-0.05, 0) is 42.0 Å². The van der Waals surface area contributed by atoms with Gasteiger partial charge in [-0.1, -0.05) is 18.2 Å². The van der Waals surface area contributed by atoms with Crippen LogP contribution < -0.4 is 5.32 Å². The van der Waals surface area contributed by atoms with Crippen LogP contribution in [0.4, 0.5) is 5.69 Å². The molecule has 0 aliphatic heterocycles. The first kappa shape index (κ1) is 16.3. The van der Waals surface area contributed by atoms with Crippen molar-refractivity contribution in [3.63, 3.8) is 0 Å². The van der Waals surface area contributed by atoms with Crippen molar-refractivity contribution < 1.29 is 4.79 Å². The fourth-order valence-corrected chi connectivity index (χ4v) is 3.30. The van der Waals surface area contributed by atoms with Gasteiger partial charge < -0.3 is 5.32 Å². The Morgan fingerprint density at radius 1 is 1.12 bits per heavy atom. The molecular weight excluding hydrogens is 346 g/mol. The number of benzene rings is 1. The van der Waals surface area contributed by atoms with Crippen LogP contribution in [-0.4, -0.2) is 25.5 Å². The fourth-order valence-electron chi connectivity index (χ4n) is 2.49. The van der Waals surface area contributed by atoms with Crippen LogP contribution in [0.5, 0.6) is 0 Å². The van der Waals surface area contributed by atoms with Gasteiger partial charge in [0.1, 0.15) is 6.33 Å². The third-order valence-corrected chi connectivity index (χ3v) is 4.78. The van der Waals surface area contributed by atoms with Crippen molar-refractivity contribution in [1.82, 2.24) is 19.6 Å². The molecule has 0 atom stereocenters. The van der Waals surface area contributed by atoms with E-state index >= 15 is 0 Å². The third kappa shape index (κ3) is 3.73. The maximum atomic E-state index is 12.5. The van der Waals surface area contributed by atoms with Gasteiger partial charge in [-0.2, -0.15) is 0 Å². The molecule has 0 radical (unpaired) electrons. The molecular formula is C19H15N5OS. The van der Waals surface area contributed by atoms with Gasteiger partial charge in [-0.3, -0.25) is 9.20 Å². The zero-order chi connectivity index (χ0) is 17.8. The highest BCUT2D eigenvalue weighted by Gasteiger charge is 2.08. The van der Waals surface area contributed by atoms with E-state index in [0.29, 0.717) is 11.2 Å². The number of aromatic nitrogens is 4. The number of amides is 1. The van der Waals surface area contributed by atoms with Crippen molar-refractivity contribution in [1.29, 1.82) is 0 Å². The molecule has 1 N–H and O–H groups in total. The quantitative estimate of drug-likeness (QED) is 0.549. The molecule has 0 aliphatic carbocycles. The lowest BCUT2D eigenvalue weighted by atomic mass is 10.2. The first-order chi connectivity index (χ1) is 12.8. The second-order valence-electron chi connectivity index (χ2n) is 5.63. The van der Waals surface area contributed by atoms with E-state index < -0.39 is 0 Å². The summed E-state index contributed by atoms with van der Waals surface area (Å²) >= 11 is 1.66. The van der Waals surface area contributed by atoms with Crippen LogP contribution in [0.1, 0.15) is 15.9 Å². The van der Waals surface area contributed by atoms with Crippen LogP contribution in [0.2, 0.25) is 0 Å². The summed E-state index contributed by atoms with van der Waals surface area (Å²) < 4.78 is 1.72. The van der Waals surface area contributed by atoms with Crippen molar-refractivity contribution in [3.05, 3.63) is 84.4 Å². The van der Waals surface area contributed by atoms with Crippen LogP contribution in [0.3, 0.4) is 0 Å². The molecule has 128 valence electrons. The fraction of sp³-hybridized carbons (Fsp3) is 0.0526. The zero-order valence-corrected chi connectivity index (χ0v) is 14.6. The predicted octanol–water partition coefficient (Wildman–Crippen LogP) is 3.67. The van der Waals surface area contributed by atoms with E-state index in [1.165, 1.54) is 0 Å². The molecule has 26 heavy (non-hydrogen) atoms. The molecule has 0 unspecified atom stereocenters. The summed E-state index contributed by atoms with van der Waals surface area (Å²) in [7, 11) is 0. The van der Waals surface area contributed by atoms with Gasteiger partial charge in [0.25, 0.3) is 5.91 Å². The van der Waals surface area contributed by atoms with Gasteiger partial charge in [0.2, 0.25) is 0 Å². The minimum Gasteiger partial charge on any atom is -0.322 e. The number of nitrogens with zero attached hydrogens (tertiary/aromatic N) is 4. The van der Waals surface area contributed by atoms with E-state index in [1.54, 1.807) is 47.0 Å². The largest absolute Gasteiger partial charge is 0.322 e. The third-order valence-electron chi connectivity index (χ3n) is 3.76. The lowest BCUT2D eigenvalue weighted by Crippen LogP contribution is -2.12. The second-order valence-corrected chi connectivity index (χ2v) is 6.62. The Kier molecular flexibility index (Phi) is 4.61. The average Bonchev–Trinajstić information content (AvgIpc) is 3.15. The Balaban J connectivity index is 1.45. The summed E-state index contributed by atoms with van der Waals surface area (Å²) in [5.41, 5.74) is 3.13. The Labute approximate surface area is 154 Å². The standard InChI is InChI=1S/C19H15N5OS/c25-19(15-7-8-17-23-21-13-24(17)11-15)22-16-5-3-4-14(10-16)12-26-18-6-1-2-9-20-18/h1-11,13H,12H2,(H,22,25). The molecule has 0 saturated heterocycles. The number of carbonyl (C=O) groups excluding carboxylic acids is 1. The second kappa shape index (κ2) is 7.37. The molecule has 1 aromatic carbocycles. The molecule has 0 fully saturated rings. The zero-order valence-electron chi connectivity index (χ0n) is 13.7. The van der Waals surface area contributed by atoms with Gasteiger partial charge in [-0.25, -0.2) is 4.98 Å². The molecule has 3 heterocycles. The van der Waals surface area contributed by atoms with E-state index in [-0.39, 0.29) is 5.91 Å². The normalized spacial score (nSPS) is 10.8. The molecule has 4 rings (SSSR count). The highest BCUT2D eigenvalue weighted by Crippen LogP contribution is 2.22. The molecule has 0 spiro atoms. The highest BCUT2D eigenvalue weighted by atomic mass is 32.2. The maximum Gasteiger partial charge on any atom is 0.257 e. The highest BCUT2D eigenvalue weighted by molar-refractivity contribution is 7.98. The Bertz CT molecular complexity index is 1050. The summed E-state index contributed by atoms with van der Waals surface area (Å²) in [5.74, 6) is 0.614. The Morgan fingerprint density at radius 3 is 2.96 bits per heavy atom. The maximum absolute atomic E-state index is 12.5. The number of nitrogens with one attached hydrogen (secondary N) is 1. The van der Waals surface area contributed by atoms with Gasteiger partial charge in [0, 0.05) is 23.8 Å². The van der Waals surface area contributed by atoms with Crippen LogP contribution in [-0.2, 0) is 5.75 Å². The minimum absolute atomic E-state index is 0.171. The molecule has 3 aromatic heterocycles. The summed E-state index contributed by atoms with van der Waals surface area (Å²) in [4.78, 5) is 16.8. The Hall–Kier alpha value is -3.19. The molecule has 0 saturated carbocycles. The van der Waals surface area contributed by atoms with E-state index in [9.17, 15) is 4.79 Å². The molecule has 7 heteroatoms. The van der Waals surface area contributed by atoms with Crippen LogP contribution in [0.15, 0.2) is 78.3 Å². The van der Waals surface area contributed by atoms with Gasteiger partial charge >= 0.3 is 0 Å². The molecule has 4 aromatic rings. The summed E-state index contributed by atoms with van der Waals surface area (Å²) in [5, 5.41) is 11.7. The summed E-state index contributed by atoms with van der Waals surface area (Å²) in [6.45, 7) is 0. The molecule has 0 aliphatic rings. The number of fused-ring (bicyclic) bond motifs is 1. The van der Waals surface area contributed by atoms with Crippen LogP contribution in [0.25, 0.3) is 5.65 Å². The van der Waals surface area contributed by atoms with E-state index in [4.69, 9.17) is 0 Å². The Morgan fingerprint density at radius 2 is 2.08 bits per heavy atom. The average molecular weight is 361 g/mol. The summed E-state index contributed by atoms with van der Waals surface area (Å²) in [6, 6.07) is 17.2. The van der Waals surface area contributed by atoms with E-state index in [1.807, 2.05) is 42.5 Å². The number of hydrogen-bond donors (Lipinski definition) is 1.